The van der Waals surface area contributed by atoms with Gasteiger partial charge in [-0.05, 0) is 54.8 Å². The van der Waals surface area contributed by atoms with Crippen LogP contribution >= 0.6 is 0 Å². The molecule has 0 aliphatic carbocycles. The molecule has 1 saturated heterocycles. The van der Waals surface area contributed by atoms with Gasteiger partial charge in [-0.15, -0.1) is 0 Å². The predicted octanol–water partition coefficient (Wildman–Crippen LogP) is 1.92. The van der Waals surface area contributed by atoms with E-state index in [1.54, 1.807) is 17.0 Å². The topological polar surface area (TPSA) is 99.0 Å². The molecular weight excluding hydrogens is 449 g/mol. The van der Waals surface area contributed by atoms with Crippen LogP contribution in [0.2, 0.25) is 0 Å². The Morgan fingerprint density at radius 2 is 1.69 bits per heavy atom. The highest BCUT2D eigenvalue weighted by Gasteiger charge is 2.28. The summed E-state index contributed by atoms with van der Waals surface area (Å²) < 4.78 is 13.3. The summed E-state index contributed by atoms with van der Waals surface area (Å²) in [6.45, 7) is 2.32. The number of anilines is 2. The van der Waals surface area contributed by atoms with Crippen molar-refractivity contribution in [3.63, 3.8) is 0 Å². The number of carbonyl (C=O) groups excluding carboxylic acids is 3. The number of nitrogens with one attached hydrogen (secondary N) is 1. The molecule has 0 unspecified atom stereocenters. The van der Waals surface area contributed by atoms with E-state index < -0.39 is 11.9 Å². The summed E-state index contributed by atoms with van der Waals surface area (Å²) >= 11 is 0. The molecular formula is C26H34FN5O3. The van der Waals surface area contributed by atoms with Crippen LogP contribution in [0.4, 0.5) is 15.8 Å². The maximum Gasteiger partial charge on any atom is 0.245 e. The predicted molar refractivity (Wildman–Crippen MR) is 135 cm³/mol. The zero-order chi connectivity index (χ0) is 25.4. The fraction of sp³-hybridized carbons (Fsp3) is 0.423. The minimum absolute atomic E-state index is 0.00373. The molecule has 1 aliphatic rings. The van der Waals surface area contributed by atoms with Crippen molar-refractivity contribution in [2.75, 3.05) is 50.1 Å². The maximum atomic E-state index is 13.3. The third-order valence-corrected chi connectivity index (χ3v) is 6.13. The lowest BCUT2D eigenvalue weighted by atomic mass is 10.1. The van der Waals surface area contributed by atoms with E-state index in [4.69, 9.17) is 5.73 Å². The smallest absolute Gasteiger partial charge is 0.245 e. The first-order valence-corrected chi connectivity index (χ1v) is 11.9. The number of primary amides is 1. The van der Waals surface area contributed by atoms with Crippen LogP contribution in [0.15, 0.2) is 48.5 Å². The molecule has 3 amide bonds. The van der Waals surface area contributed by atoms with E-state index in [0.29, 0.717) is 19.6 Å². The largest absolute Gasteiger partial charge is 0.378 e. The molecule has 3 N–H and O–H groups in total. The second-order valence-electron chi connectivity index (χ2n) is 9.01. The van der Waals surface area contributed by atoms with Gasteiger partial charge >= 0.3 is 0 Å². The fourth-order valence-corrected chi connectivity index (χ4v) is 4.16. The minimum atomic E-state index is -0.826. The molecule has 3 rings (SSSR count). The minimum Gasteiger partial charge on any atom is -0.378 e. The first-order chi connectivity index (χ1) is 16.7. The summed E-state index contributed by atoms with van der Waals surface area (Å²) in [5.74, 6) is -1.31. The van der Waals surface area contributed by atoms with Crippen LogP contribution in [-0.4, -0.2) is 68.9 Å². The van der Waals surface area contributed by atoms with Gasteiger partial charge in [0.05, 0.1) is 6.42 Å². The van der Waals surface area contributed by atoms with Crippen molar-refractivity contribution in [3.8, 4) is 0 Å². The van der Waals surface area contributed by atoms with E-state index in [1.807, 2.05) is 43.3 Å². The zero-order valence-electron chi connectivity index (χ0n) is 20.4. The maximum absolute atomic E-state index is 13.3. The summed E-state index contributed by atoms with van der Waals surface area (Å²) in [5.41, 5.74) is 8.08. The Morgan fingerprint density at radius 3 is 2.31 bits per heavy atom. The molecule has 9 heteroatoms. The lowest BCUT2D eigenvalue weighted by molar-refractivity contribution is -0.136. The molecule has 2 aromatic rings. The standard InChI is InChI=1S/C26H34FN5O3/c1-30(2)21-8-4-19(5-9-21)18-25(34)29-23(12-13-24(28)33)26(35)32-15-3-14-31(16-17-32)22-10-6-20(27)7-11-22/h4-11,23H,3,12-18H2,1-2H3,(H2,28,33)(H,29,34)/t23-/m1/s1. The van der Waals surface area contributed by atoms with E-state index in [0.717, 1.165) is 29.9 Å². The number of hydrogen-bond acceptors (Lipinski definition) is 5. The van der Waals surface area contributed by atoms with Crippen LogP contribution < -0.4 is 20.9 Å². The van der Waals surface area contributed by atoms with Crippen molar-refractivity contribution in [2.45, 2.75) is 31.7 Å². The van der Waals surface area contributed by atoms with Gasteiger partial charge in [0.2, 0.25) is 17.7 Å². The third kappa shape index (κ3) is 7.70. The summed E-state index contributed by atoms with van der Waals surface area (Å²) in [6, 6.07) is 13.1. The Hall–Kier alpha value is -3.62. The normalized spacial score (nSPS) is 14.7. The molecule has 2 aromatic carbocycles. The second-order valence-corrected chi connectivity index (χ2v) is 9.01. The van der Waals surface area contributed by atoms with E-state index >= 15 is 0 Å². The highest BCUT2D eigenvalue weighted by Crippen LogP contribution is 2.18. The van der Waals surface area contributed by atoms with Crippen LogP contribution in [0.3, 0.4) is 0 Å². The van der Waals surface area contributed by atoms with Crippen LogP contribution in [-0.2, 0) is 20.8 Å². The third-order valence-electron chi connectivity index (χ3n) is 6.13. The number of halogens is 1. The number of nitrogens with two attached hydrogens (primary N) is 1. The number of amides is 3. The second kappa shape index (κ2) is 12.2. The molecule has 0 aromatic heterocycles. The molecule has 1 aliphatic heterocycles. The molecule has 1 heterocycles. The molecule has 1 atom stereocenters. The van der Waals surface area contributed by atoms with E-state index in [1.165, 1.54) is 12.1 Å². The van der Waals surface area contributed by atoms with Gasteiger partial charge in [0, 0.05) is 58.1 Å². The van der Waals surface area contributed by atoms with Gasteiger partial charge < -0.3 is 25.8 Å². The van der Waals surface area contributed by atoms with Crippen LogP contribution in [0, 0.1) is 5.82 Å². The molecule has 35 heavy (non-hydrogen) atoms. The average molecular weight is 484 g/mol. The summed E-state index contributed by atoms with van der Waals surface area (Å²) in [6.07, 6.45) is 1.02. The molecule has 1 fully saturated rings. The van der Waals surface area contributed by atoms with Gasteiger partial charge in [-0.1, -0.05) is 12.1 Å². The Kier molecular flexibility index (Phi) is 9.05. The van der Waals surface area contributed by atoms with Crippen LogP contribution in [0.5, 0.6) is 0 Å². The number of hydrogen-bond donors (Lipinski definition) is 2. The Bertz CT molecular complexity index is 1010. The molecule has 8 nitrogen and oxygen atoms in total. The quantitative estimate of drug-likeness (QED) is 0.568. The molecule has 188 valence electrons. The fourth-order valence-electron chi connectivity index (χ4n) is 4.16. The van der Waals surface area contributed by atoms with E-state index in [-0.39, 0.29) is 36.9 Å². The van der Waals surface area contributed by atoms with Crippen molar-refractivity contribution in [2.24, 2.45) is 5.73 Å². The van der Waals surface area contributed by atoms with Gasteiger partial charge in [-0.25, -0.2) is 4.39 Å². The number of rotatable bonds is 9. The SMILES string of the molecule is CN(C)c1ccc(CC(=O)N[C@H](CCC(N)=O)C(=O)N2CCCN(c3ccc(F)cc3)CC2)cc1. The summed E-state index contributed by atoms with van der Waals surface area (Å²) in [7, 11) is 3.89. The van der Waals surface area contributed by atoms with Gasteiger partial charge in [0.1, 0.15) is 11.9 Å². The first kappa shape index (κ1) is 26.0. The highest BCUT2D eigenvalue weighted by atomic mass is 19.1. The Balaban J connectivity index is 1.63. The Labute approximate surface area is 205 Å². The molecule has 0 saturated carbocycles. The lowest BCUT2D eigenvalue weighted by Crippen LogP contribution is -2.50. The van der Waals surface area contributed by atoms with Gasteiger partial charge in [0.25, 0.3) is 0 Å². The van der Waals surface area contributed by atoms with Crippen molar-refractivity contribution >= 4 is 29.1 Å². The molecule has 0 spiro atoms. The van der Waals surface area contributed by atoms with Gasteiger partial charge in [0.15, 0.2) is 0 Å². The number of nitrogens with zero attached hydrogens (tertiary/aromatic N) is 3. The van der Waals surface area contributed by atoms with Crippen molar-refractivity contribution in [1.29, 1.82) is 0 Å². The number of carbonyl (C=O) groups is 3. The molecule has 0 bridgehead atoms. The zero-order valence-corrected chi connectivity index (χ0v) is 20.4. The van der Waals surface area contributed by atoms with Crippen molar-refractivity contribution in [3.05, 3.63) is 59.9 Å². The summed E-state index contributed by atoms with van der Waals surface area (Å²) in [5, 5.41) is 2.82. The van der Waals surface area contributed by atoms with Crippen LogP contribution in [0.25, 0.3) is 0 Å². The monoisotopic (exact) mass is 483 g/mol. The van der Waals surface area contributed by atoms with Crippen LogP contribution in [0.1, 0.15) is 24.8 Å². The van der Waals surface area contributed by atoms with Crippen molar-refractivity contribution < 1.29 is 18.8 Å². The first-order valence-electron chi connectivity index (χ1n) is 11.9. The summed E-state index contributed by atoms with van der Waals surface area (Å²) in [4.78, 5) is 43.3. The number of benzene rings is 2. The lowest BCUT2D eigenvalue weighted by Gasteiger charge is -2.27. The van der Waals surface area contributed by atoms with Gasteiger partial charge in [-0.3, -0.25) is 14.4 Å². The van der Waals surface area contributed by atoms with Gasteiger partial charge in [-0.2, -0.15) is 0 Å². The Morgan fingerprint density at radius 1 is 1.00 bits per heavy atom. The van der Waals surface area contributed by atoms with E-state index in [2.05, 4.69) is 10.2 Å². The average Bonchev–Trinajstić information content (AvgIpc) is 3.08. The highest BCUT2D eigenvalue weighted by molar-refractivity contribution is 5.89. The molecule has 0 radical (unpaired) electrons. The van der Waals surface area contributed by atoms with E-state index in [9.17, 15) is 18.8 Å². The van der Waals surface area contributed by atoms with Crippen molar-refractivity contribution in [1.82, 2.24) is 10.2 Å².